The van der Waals surface area contributed by atoms with E-state index in [4.69, 9.17) is 4.99 Å². The van der Waals surface area contributed by atoms with Crippen LogP contribution in [0.5, 0.6) is 0 Å². The molecule has 1 N–H and O–H groups in total. The van der Waals surface area contributed by atoms with Crippen LogP contribution >= 0.6 is 11.3 Å². The molecule has 1 saturated carbocycles. The van der Waals surface area contributed by atoms with Crippen molar-refractivity contribution < 1.29 is 4.79 Å². The zero-order valence-electron chi connectivity index (χ0n) is 14.3. The first-order valence-electron chi connectivity index (χ1n) is 8.64. The maximum absolute atomic E-state index is 11.8. The Hall–Kier alpha value is -1.95. The van der Waals surface area contributed by atoms with E-state index in [1.165, 1.54) is 32.1 Å². The van der Waals surface area contributed by atoms with Crippen molar-refractivity contribution in [3.8, 4) is 10.6 Å². The second-order valence-electron chi connectivity index (χ2n) is 6.17. The number of aryl methyl sites for hydroxylation is 1. The summed E-state index contributed by atoms with van der Waals surface area (Å²) in [5.74, 6) is -0.0401. The summed E-state index contributed by atoms with van der Waals surface area (Å²) in [6, 6.07) is 8.04. The van der Waals surface area contributed by atoms with Crippen LogP contribution in [0.2, 0.25) is 0 Å². The molecule has 24 heavy (non-hydrogen) atoms. The van der Waals surface area contributed by atoms with Crippen LogP contribution < -0.4 is 10.1 Å². The van der Waals surface area contributed by atoms with E-state index in [9.17, 15) is 4.79 Å². The van der Waals surface area contributed by atoms with E-state index in [0.717, 1.165) is 15.4 Å². The summed E-state index contributed by atoms with van der Waals surface area (Å²) in [5.41, 5.74) is 1.70. The second kappa shape index (κ2) is 7.75. The van der Waals surface area contributed by atoms with E-state index in [0.29, 0.717) is 18.2 Å². The van der Waals surface area contributed by atoms with E-state index in [-0.39, 0.29) is 5.91 Å². The lowest BCUT2D eigenvalue weighted by atomic mass is 9.96. The highest BCUT2D eigenvalue weighted by Crippen LogP contribution is 2.22. The number of aromatic nitrogens is 2. The standard InChI is InChI=1S/C18H24N4OS/c1-3-19-16(23)13-9-11-14(12-10-13)17-21-22(2)18(24-17)20-15-7-5-4-6-8-15/h9-12,15H,3-8H2,1-2H3,(H,19,23). The normalized spacial score (nSPS) is 16.3. The number of amides is 1. The van der Waals surface area contributed by atoms with Crippen molar-refractivity contribution in [3.05, 3.63) is 34.6 Å². The van der Waals surface area contributed by atoms with E-state index in [1.807, 2.05) is 42.9 Å². The quantitative estimate of drug-likeness (QED) is 0.926. The molecule has 3 rings (SSSR count). The average molecular weight is 344 g/mol. The smallest absolute Gasteiger partial charge is 0.251 e. The van der Waals surface area contributed by atoms with Crippen molar-refractivity contribution in [3.63, 3.8) is 0 Å². The third-order valence-corrected chi connectivity index (χ3v) is 5.37. The van der Waals surface area contributed by atoms with Gasteiger partial charge in [-0.25, -0.2) is 4.68 Å². The molecule has 0 spiro atoms. The van der Waals surface area contributed by atoms with Crippen LogP contribution in [0.15, 0.2) is 29.3 Å². The molecule has 1 aromatic carbocycles. The first-order valence-corrected chi connectivity index (χ1v) is 9.45. The van der Waals surface area contributed by atoms with Gasteiger partial charge in [0, 0.05) is 24.7 Å². The van der Waals surface area contributed by atoms with Crippen molar-refractivity contribution in [1.29, 1.82) is 0 Å². The molecule has 1 aliphatic carbocycles. The predicted octanol–water partition coefficient (Wildman–Crippen LogP) is 3.13. The topological polar surface area (TPSA) is 59.3 Å². The van der Waals surface area contributed by atoms with Crippen LogP contribution in [-0.4, -0.2) is 28.3 Å². The number of hydrogen-bond acceptors (Lipinski definition) is 4. The van der Waals surface area contributed by atoms with Gasteiger partial charge in [-0.1, -0.05) is 42.7 Å². The Morgan fingerprint density at radius 1 is 1.29 bits per heavy atom. The second-order valence-corrected chi connectivity index (χ2v) is 7.13. The maximum Gasteiger partial charge on any atom is 0.251 e. The zero-order valence-corrected chi connectivity index (χ0v) is 15.1. The van der Waals surface area contributed by atoms with E-state index >= 15 is 0 Å². The first-order chi connectivity index (χ1) is 11.7. The van der Waals surface area contributed by atoms with E-state index < -0.39 is 0 Å². The van der Waals surface area contributed by atoms with Crippen molar-refractivity contribution in [1.82, 2.24) is 15.1 Å². The van der Waals surface area contributed by atoms with Gasteiger partial charge in [-0.15, -0.1) is 0 Å². The fourth-order valence-electron chi connectivity index (χ4n) is 2.97. The molecular formula is C18H24N4OS. The van der Waals surface area contributed by atoms with Gasteiger partial charge in [-0.05, 0) is 31.9 Å². The van der Waals surface area contributed by atoms with Gasteiger partial charge in [0.2, 0.25) is 4.80 Å². The molecule has 0 bridgehead atoms. The molecule has 5 nitrogen and oxygen atoms in total. The lowest BCUT2D eigenvalue weighted by Gasteiger charge is -2.16. The van der Waals surface area contributed by atoms with Crippen LogP contribution in [-0.2, 0) is 7.05 Å². The van der Waals surface area contributed by atoms with Crippen LogP contribution in [0.25, 0.3) is 10.6 Å². The highest BCUT2D eigenvalue weighted by atomic mass is 32.1. The molecule has 1 aromatic heterocycles. The third-order valence-electron chi connectivity index (χ3n) is 4.30. The van der Waals surface area contributed by atoms with Gasteiger partial charge in [0.25, 0.3) is 5.91 Å². The molecule has 1 fully saturated rings. The Morgan fingerprint density at radius 3 is 2.67 bits per heavy atom. The Labute approximate surface area is 146 Å². The maximum atomic E-state index is 11.8. The van der Waals surface area contributed by atoms with Crippen molar-refractivity contribution >= 4 is 17.2 Å². The molecule has 1 aliphatic rings. The number of benzene rings is 1. The number of nitrogens with one attached hydrogen (secondary N) is 1. The Morgan fingerprint density at radius 2 is 2.00 bits per heavy atom. The molecule has 0 aliphatic heterocycles. The number of carbonyl (C=O) groups is 1. The fourth-order valence-corrected chi connectivity index (χ4v) is 3.94. The van der Waals surface area contributed by atoms with Crippen LogP contribution in [0.3, 0.4) is 0 Å². The fraction of sp³-hybridized carbons (Fsp3) is 0.500. The summed E-state index contributed by atoms with van der Waals surface area (Å²) in [5, 5.41) is 8.35. The molecule has 0 saturated heterocycles. The molecule has 6 heteroatoms. The number of hydrogen-bond donors (Lipinski definition) is 1. The number of rotatable bonds is 4. The van der Waals surface area contributed by atoms with Gasteiger partial charge in [0.05, 0.1) is 6.04 Å². The number of carbonyl (C=O) groups excluding carboxylic acids is 1. The molecule has 0 radical (unpaired) electrons. The van der Waals surface area contributed by atoms with Crippen LogP contribution in [0, 0.1) is 0 Å². The van der Waals surface area contributed by atoms with Gasteiger partial charge in [0.15, 0.2) is 0 Å². The summed E-state index contributed by atoms with van der Waals surface area (Å²) < 4.78 is 1.87. The average Bonchev–Trinajstić information content (AvgIpc) is 2.97. The summed E-state index contributed by atoms with van der Waals surface area (Å²) in [6.07, 6.45) is 6.28. The largest absolute Gasteiger partial charge is 0.352 e. The molecule has 1 heterocycles. The van der Waals surface area contributed by atoms with Crippen molar-refractivity contribution in [2.45, 2.75) is 45.1 Å². The highest BCUT2D eigenvalue weighted by Gasteiger charge is 2.13. The molecule has 0 atom stereocenters. The van der Waals surface area contributed by atoms with Crippen LogP contribution in [0.4, 0.5) is 0 Å². The van der Waals surface area contributed by atoms with E-state index in [2.05, 4.69) is 10.4 Å². The van der Waals surface area contributed by atoms with Crippen molar-refractivity contribution in [2.24, 2.45) is 12.0 Å². The minimum Gasteiger partial charge on any atom is -0.352 e. The molecule has 2 aromatic rings. The minimum absolute atomic E-state index is 0.0401. The van der Waals surface area contributed by atoms with Crippen molar-refractivity contribution in [2.75, 3.05) is 6.54 Å². The first kappa shape index (κ1) is 16.9. The van der Waals surface area contributed by atoms with Gasteiger partial charge >= 0.3 is 0 Å². The summed E-state index contributed by atoms with van der Waals surface area (Å²) >= 11 is 1.62. The Bertz CT molecular complexity index is 754. The predicted molar refractivity (Wildman–Crippen MR) is 97.0 cm³/mol. The molecular weight excluding hydrogens is 320 g/mol. The molecule has 128 valence electrons. The lowest BCUT2D eigenvalue weighted by molar-refractivity contribution is 0.0956. The third kappa shape index (κ3) is 3.93. The Kier molecular flexibility index (Phi) is 5.45. The Balaban J connectivity index is 1.81. The summed E-state index contributed by atoms with van der Waals surface area (Å²) in [4.78, 5) is 17.7. The lowest BCUT2D eigenvalue weighted by Crippen LogP contribution is -2.22. The van der Waals surface area contributed by atoms with Crippen LogP contribution in [0.1, 0.15) is 49.4 Å². The minimum atomic E-state index is -0.0401. The number of nitrogens with zero attached hydrogens (tertiary/aromatic N) is 3. The summed E-state index contributed by atoms with van der Waals surface area (Å²) in [6.45, 7) is 2.55. The van der Waals surface area contributed by atoms with Gasteiger partial charge < -0.3 is 5.32 Å². The summed E-state index contributed by atoms with van der Waals surface area (Å²) in [7, 11) is 1.95. The SMILES string of the molecule is CCNC(=O)c1ccc(-c2nn(C)c(=NC3CCCCC3)s2)cc1. The zero-order chi connectivity index (χ0) is 16.9. The van der Waals surface area contributed by atoms with Gasteiger partial charge in [-0.2, -0.15) is 5.10 Å². The van der Waals surface area contributed by atoms with E-state index in [1.54, 1.807) is 11.3 Å². The highest BCUT2D eigenvalue weighted by molar-refractivity contribution is 7.12. The molecule has 0 unspecified atom stereocenters. The molecule has 1 amide bonds. The van der Waals surface area contributed by atoms with Gasteiger partial charge in [0.1, 0.15) is 5.01 Å². The monoisotopic (exact) mass is 344 g/mol. The van der Waals surface area contributed by atoms with Gasteiger partial charge in [-0.3, -0.25) is 9.79 Å².